The van der Waals surface area contributed by atoms with Gasteiger partial charge >= 0.3 is 5.76 Å². The second-order valence-corrected chi connectivity index (χ2v) is 6.51. The van der Waals surface area contributed by atoms with E-state index in [2.05, 4.69) is 10.3 Å². The molecule has 8 heteroatoms. The van der Waals surface area contributed by atoms with Crippen molar-refractivity contribution in [3.63, 3.8) is 0 Å². The van der Waals surface area contributed by atoms with Gasteiger partial charge in [0.1, 0.15) is 5.69 Å². The maximum atomic E-state index is 12.1. The van der Waals surface area contributed by atoms with Crippen LogP contribution in [0.4, 0.5) is 5.13 Å². The monoisotopic (exact) mass is 369 g/mol. The number of oxazole rings is 1. The van der Waals surface area contributed by atoms with Gasteiger partial charge in [0.15, 0.2) is 16.5 Å². The van der Waals surface area contributed by atoms with E-state index in [0.717, 1.165) is 5.52 Å². The molecule has 0 aliphatic rings. The van der Waals surface area contributed by atoms with E-state index in [1.54, 1.807) is 23.0 Å². The second-order valence-electron chi connectivity index (χ2n) is 5.65. The normalized spacial score (nSPS) is 11.1. The van der Waals surface area contributed by atoms with Gasteiger partial charge in [-0.1, -0.05) is 12.1 Å². The van der Waals surface area contributed by atoms with Crippen LogP contribution in [0.25, 0.3) is 22.6 Å². The topological polar surface area (TPSA) is 90.3 Å². The molecule has 1 aromatic carbocycles. The highest BCUT2D eigenvalue weighted by atomic mass is 32.1. The highest BCUT2D eigenvalue weighted by molar-refractivity contribution is 7.14. The van der Waals surface area contributed by atoms with Crippen LogP contribution < -0.4 is 11.1 Å². The van der Waals surface area contributed by atoms with Crippen molar-refractivity contribution in [2.45, 2.75) is 19.4 Å². The molecule has 4 rings (SSSR count). The molecule has 0 saturated carbocycles. The molecular weight excluding hydrogens is 354 g/mol. The fraction of sp³-hybridized carbons (Fsp3) is 0.167. The first kappa shape index (κ1) is 16.3. The molecule has 0 fully saturated rings. The molecule has 7 nitrogen and oxygen atoms in total. The molecule has 1 N–H and O–H groups in total. The van der Waals surface area contributed by atoms with Gasteiger partial charge in [-0.05, 0) is 30.7 Å². The van der Waals surface area contributed by atoms with Crippen molar-refractivity contribution in [3.8, 4) is 11.5 Å². The molecule has 3 aromatic heterocycles. The van der Waals surface area contributed by atoms with Gasteiger partial charge in [-0.15, -0.1) is 11.3 Å². The Bertz CT molecular complexity index is 1090. The molecule has 0 atom stereocenters. The number of furan rings is 1. The summed E-state index contributed by atoms with van der Waals surface area (Å²) in [6.45, 7) is 0.415. The van der Waals surface area contributed by atoms with E-state index in [4.69, 9.17) is 8.83 Å². The van der Waals surface area contributed by atoms with E-state index in [1.807, 2.05) is 29.6 Å². The van der Waals surface area contributed by atoms with Crippen LogP contribution in [0.1, 0.15) is 12.8 Å². The number of aromatic nitrogens is 2. The lowest BCUT2D eigenvalue weighted by molar-refractivity contribution is -0.116. The van der Waals surface area contributed by atoms with Crippen molar-refractivity contribution in [2.75, 3.05) is 5.32 Å². The van der Waals surface area contributed by atoms with E-state index < -0.39 is 5.76 Å². The van der Waals surface area contributed by atoms with E-state index in [-0.39, 0.29) is 12.3 Å². The van der Waals surface area contributed by atoms with Crippen molar-refractivity contribution in [1.82, 2.24) is 9.55 Å². The minimum Gasteiger partial charge on any atom is -0.463 e. The third-order valence-electron chi connectivity index (χ3n) is 3.88. The van der Waals surface area contributed by atoms with Crippen LogP contribution in [0.3, 0.4) is 0 Å². The highest BCUT2D eigenvalue weighted by Crippen LogP contribution is 2.25. The smallest absolute Gasteiger partial charge is 0.419 e. The molecule has 0 bridgehead atoms. The fourth-order valence-electron chi connectivity index (χ4n) is 2.67. The fourth-order valence-corrected chi connectivity index (χ4v) is 3.39. The van der Waals surface area contributed by atoms with E-state index in [1.165, 1.54) is 11.3 Å². The SMILES string of the molecule is O=C(CCCn1c(=O)oc2ccccc21)Nc1nc(-c2ccco2)cs1. The molecule has 26 heavy (non-hydrogen) atoms. The molecule has 1 amide bonds. The van der Waals surface area contributed by atoms with E-state index in [0.29, 0.717) is 35.1 Å². The molecule has 3 heterocycles. The minimum atomic E-state index is -0.408. The van der Waals surface area contributed by atoms with Crippen molar-refractivity contribution < 1.29 is 13.6 Å². The number of carbonyl (C=O) groups excluding carboxylic acids is 1. The number of hydrogen-bond acceptors (Lipinski definition) is 6. The van der Waals surface area contributed by atoms with Gasteiger partial charge in [-0.25, -0.2) is 9.78 Å². The zero-order chi connectivity index (χ0) is 17.9. The highest BCUT2D eigenvalue weighted by Gasteiger charge is 2.11. The summed E-state index contributed by atoms with van der Waals surface area (Å²) in [4.78, 5) is 28.3. The Morgan fingerprint density at radius 3 is 2.96 bits per heavy atom. The zero-order valence-electron chi connectivity index (χ0n) is 13.7. The van der Waals surface area contributed by atoms with Crippen LogP contribution in [0, 0.1) is 0 Å². The van der Waals surface area contributed by atoms with Gasteiger partial charge in [-0.2, -0.15) is 0 Å². The van der Waals surface area contributed by atoms with Crippen molar-refractivity contribution in [1.29, 1.82) is 0 Å². The van der Waals surface area contributed by atoms with Gasteiger partial charge in [-0.3, -0.25) is 9.36 Å². The maximum absolute atomic E-state index is 12.1. The van der Waals surface area contributed by atoms with Crippen LogP contribution in [0.5, 0.6) is 0 Å². The number of amides is 1. The maximum Gasteiger partial charge on any atom is 0.419 e. The van der Waals surface area contributed by atoms with Gasteiger partial charge in [0.05, 0.1) is 11.8 Å². The minimum absolute atomic E-state index is 0.147. The number of thiazole rings is 1. The van der Waals surface area contributed by atoms with Crippen LogP contribution >= 0.6 is 11.3 Å². The third-order valence-corrected chi connectivity index (χ3v) is 4.64. The number of aryl methyl sites for hydroxylation is 1. The molecule has 0 radical (unpaired) electrons. The summed E-state index contributed by atoms with van der Waals surface area (Å²) >= 11 is 1.34. The number of nitrogens with one attached hydrogen (secondary N) is 1. The van der Waals surface area contributed by atoms with Gasteiger partial charge in [0.2, 0.25) is 5.91 Å². The summed E-state index contributed by atoms with van der Waals surface area (Å²) in [5.41, 5.74) is 1.97. The molecule has 132 valence electrons. The molecule has 0 aliphatic heterocycles. The summed E-state index contributed by atoms with van der Waals surface area (Å²) in [5, 5.41) is 5.12. The lowest BCUT2D eigenvalue weighted by Crippen LogP contribution is -2.17. The Balaban J connectivity index is 1.34. The second kappa shape index (κ2) is 7.01. The zero-order valence-corrected chi connectivity index (χ0v) is 14.5. The number of hydrogen-bond donors (Lipinski definition) is 1. The van der Waals surface area contributed by atoms with Crippen LogP contribution in [-0.4, -0.2) is 15.5 Å². The molecule has 0 aliphatic carbocycles. The third kappa shape index (κ3) is 3.31. The molecule has 4 aromatic rings. The Hall–Kier alpha value is -3.13. The lowest BCUT2D eigenvalue weighted by atomic mass is 10.3. The van der Waals surface area contributed by atoms with Crippen LogP contribution in [0.2, 0.25) is 0 Å². The number of carbonyl (C=O) groups is 1. The lowest BCUT2D eigenvalue weighted by Gasteiger charge is -2.03. The summed E-state index contributed by atoms with van der Waals surface area (Å²) in [7, 11) is 0. The van der Waals surface area contributed by atoms with Gasteiger partial charge in [0.25, 0.3) is 0 Å². The molecule has 0 spiro atoms. The molecule has 0 unspecified atom stereocenters. The Kier molecular flexibility index (Phi) is 4.40. The van der Waals surface area contributed by atoms with Gasteiger partial charge < -0.3 is 14.2 Å². The quantitative estimate of drug-likeness (QED) is 0.559. The Labute approximate surface area is 151 Å². The number of rotatable bonds is 6. The van der Waals surface area contributed by atoms with Gasteiger partial charge in [0, 0.05) is 18.3 Å². The molecule has 0 saturated heterocycles. The van der Waals surface area contributed by atoms with Crippen molar-refractivity contribution in [2.24, 2.45) is 0 Å². The average molecular weight is 369 g/mol. The number of fused-ring (bicyclic) bond motifs is 1. The Morgan fingerprint density at radius 2 is 2.12 bits per heavy atom. The van der Waals surface area contributed by atoms with Crippen LogP contribution in [-0.2, 0) is 11.3 Å². The summed E-state index contributed by atoms with van der Waals surface area (Å²) < 4.78 is 12.0. The first-order valence-electron chi connectivity index (χ1n) is 8.08. The standard InChI is InChI=1S/C18H15N3O4S/c22-16(20-17-19-12(11-26-17)14-7-4-10-24-14)8-3-9-21-13-5-1-2-6-15(13)25-18(21)23/h1-2,4-7,10-11H,3,8-9H2,(H,19,20,22). The van der Waals surface area contributed by atoms with Crippen LogP contribution in [0.15, 0.2) is 61.7 Å². The summed E-state index contributed by atoms with van der Waals surface area (Å²) in [5.74, 6) is 0.105. The number of para-hydroxylation sites is 2. The summed E-state index contributed by atoms with van der Waals surface area (Å²) in [6, 6.07) is 10.8. The number of anilines is 1. The largest absolute Gasteiger partial charge is 0.463 e. The predicted octanol–water partition coefficient (Wildman–Crippen LogP) is 3.73. The first-order chi connectivity index (χ1) is 12.7. The predicted molar refractivity (Wildman–Crippen MR) is 98.2 cm³/mol. The first-order valence-corrected chi connectivity index (χ1v) is 8.96. The average Bonchev–Trinajstić information content (AvgIpc) is 3.35. The number of benzene rings is 1. The molecular formula is C18H15N3O4S. The number of nitrogens with zero attached hydrogens (tertiary/aromatic N) is 2. The van der Waals surface area contributed by atoms with E-state index >= 15 is 0 Å². The Morgan fingerprint density at radius 1 is 1.23 bits per heavy atom. The van der Waals surface area contributed by atoms with Crippen molar-refractivity contribution >= 4 is 33.5 Å². The summed E-state index contributed by atoms with van der Waals surface area (Å²) in [6.07, 6.45) is 2.38. The van der Waals surface area contributed by atoms with E-state index in [9.17, 15) is 9.59 Å². The van der Waals surface area contributed by atoms with Crippen molar-refractivity contribution in [3.05, 3.63) is 58.6 Å².